The fourth-order valence-corrected chi connectivity index (χ4v) is 2.24. The quantitative estimate of drug-likeness (QED) is 0.680. The average Bonchev–Trinajstić information content (AvgIpc) is 2.43. The molecule has 0 radical (unpaired) electrons. The molecule has 1 aromatic heterocycles. The van der Waals surface area contributed by atoms with Crippen molar-refractivity contribution in [2.75, 3.05) is 18.5 Å². The van der Waals surface area contributed by atoms with Crippen LogP contribution in [-0.2, 0) is 12.8 Å². The number of anilines is 1. The molecule has 0 aromatic carbocycles. The Kier molecular flexibility index (Phi) is 6.08. The van der Waals surface area contributed by atoms with Crippen LogP contribution in [0.4, 0.5) is 5.82 Å². The zero-order valence-electron chi connectivity index (χ0n) is 13.2. The van der Waals surface area contributed by atoms with E-state index in [9.17, 15) is 9.90 Å². The van der Waals surface area contributed by atoms with Gasteiger partial charge in [0.05, 0.1) is 5.69 Å². The summed E-state index contributed by atoms with van der Waals surface area (Å²) in [5.74, 6) is -0.679. The lowest BCUT2D eigenvalue weighted by Gasteiger charge is -2.24. The fraction of sp³-hybridized carbons (Fsp3) is 0.667. The van der Waals surface area contributed by atoms with Crippen molar-refractivity contribution < 1.29 is 15.0 Å². The van der Waals surface area contributed by atoms with Crippen LogP contribution in [0.3, 0.4) is 0 Å². The number of nitrogens with one attached hydrogen (secondary N) is 1. The number of aliphatic hydroxyl groups is 1. The SMILES string of the molecule is CCc1nnc(NCC(C)(C)CCO)c(C(=O)O)c1CC. The predicted molar refractivity (Wildman–Crippen MR) is 81.7 cm³/mol. The van der Waals surface area contributed by atoms with Gasteiger partial charge in [-0.1, -0.05) is 27.7 Å². The van der Waals surface area contributed by atoms with Gasteiger partial charge in [0.15, 0.2) is 5.82 Å². The van der Waals surface area contributed by atoms with Crippen molar-refractivity contribution in [2.24, 2.45) is 5.41 Å². The number of carboxylic acids is 1. The van der Waals surface area contributed by atoms with Crippen molar-refractivity contribution in [3.05, 3.63) is 16.8 Å². The molecule has 0 bridgehead atoms. The van der Waals surface area contributed by atoms with Crippen molar-refractivity contribution >= 4 is 11.8 Å². The van der Waals surface area contributed by atoms with Gasteiger partial charge in [-0.25, -0.2) is 4.79 Å². The Bertz CT molecular complexity index is 501. The predicted octanol–water partition coefficient (Wildman–Crippen LogP) is 2.12. The zero-order chi connectivity index (χ0) is 16.0. The third-order valence-corrected chi connectivity index (χ3v) is 3.58. The molecule has 21 heavy (non-hydrogen) atoms. The van der Waals surface area contributed by atoms with Crippen molar-refractivity contribution in [1.29, 1.82) is 0 Å². The van der Waals surface area contributed by atoms with Crippen LogP contribution in [0.25, 0.3) is 0 Å². The van der Waals surface area contributed by atoms with Crippen molar-refractivity contribution in [2.45, 2.75) is 47.0 Å². The minimum absolute atomic E-state index is 0.0983. The maximum absolute atomic E-state index is 11.6. The molecule has 0 aliphatic heterocycles. The Morgan fingerprint density at radius 2 is 1.90 bits per heavy atom. The van der Waals surface area contributed by atoms with Gasteiger partial charge in [-0.15, -0.1) is 5.10 Å². The molecule has 1 heterocycles. The minimum Gasteiger partial charge on any atom is -0.478 e. The highest BCUT2D eigenvalue weighted by molar-refractivity contribution is 5.95. The lowest BCUT2D eigenvalue weighted by atomic mass is 9.89. The lowest BCUT2D eigenvalue weighted by Crippen LogP contribution is -2.26. The van der Waals surface area contributed by atoms with E-state index in [1.54, 1.807) is 0 Å². The Hall–Kier alpha value is -1.69. The van der Waals surface area contributed by atoms with Gasteiger partial charge < -0.3 is 15.5 Å². The molecular weight excluding hydrogens is 270 g/mol. The second kappa shape index (κ2) is 7.36. The van der Waals surface area contributed by atoms with E-state index in [4.69, 9.17) is 5.11 Å². The van der Waals surface area contributed by atoms with Gasteiger partial charge in [-0.2, -0.15) is 5.10 Å². The first kappa shape index (κ1) is 17.4. The Labute approximate surface area is 125 Å². The van der Waals surface area contributed by atoms with E-state index in [1.807, 2.05) is 27.7 Å². The minimum atomic E-state index is -0.987. The third-order valence-electron chi connectivity index (χ3n) is 3.58. The van der Waals surface area contributed by atoms with Crippen molar-refractivity contribution in [3.8, 4) is 0 Å². The van der Waals surface area contributed by atoms with Crippen LogP contribution in [0.2, 0.25) is 0 Å². The summed E-state index contributed by atoms with van der Waals surface area (Å²) in [6.45, 7) is 8.49. The maximum Gasteiger partial charge on any atom is 0.339 e. The third kappa shape index (κ3) is 4.39. The smallest absolute Gasteiger partial charge is 0.339 e. The van der Waals surface area contributed by atoms with Crippen molar-refractivity contribution in [3.63, 3.8) is 0 Å². The van der Waals surface area contributed by atoms with Crippen LogP contribution >= 0.6 is 0 Å². The molecule has 1 aromatic rings. The van der Waals surface area contributed by atoms with Crippen LogP contribution in [0.5, 0.6) is 0 Å². The van der Waals surface area contributed by atoms with Gasteiger partial charge in [0, 0.05) is 13.2 Å². The molecule has 6 heteroatoms. The highest BCUT2D eigenvalue weighted by Gasteiger charge is 2.23. The number of carboxylic acid groups (broad SMARTS) is 1. The van der Waals surface area contributed by atoms with Crippen LogP contribution in [0.15, 0.2) is 0 Å². The Morgan fingerprint density at radius 3 is 2.38 bits per heavy atom. The first-order valence-corrected chi connectivity index (χ1v) is 7.32. The summed E-state index contributed by atoms with van der Waals surface area (Å²) < 4.78 is 0. The topological polar surface area (TPSA) is 95.3 Å². The molecule has 0 unspecified atom stereocenters. The van der Waals surface area contributed by atoms with E-state index in [2.05, 4.69) is 15.5 Å². The number of aryl methyl sites for hydroxylation is 1. The van der Waals surface area contributed by atoms with Crippen LogP contribution in [-0.4, -0.2) is 39.5 Å². The monoisotopic (exact) mass is 295 g/mol. The number of nitrogens with zero attached hydrogens (tertiary/aromatic N) is 2. The molecule has 0 fully saturated rings. The first-order valence-electron chi connectivity index (χ1n) is 7.32. The summed E-state index contributed by atoms with van der Waals surface area (Å²) >= 11 is 0. The summed E-state index contributed by atoms with van der Waals surface area (Å²) in [6.07, 6.45) is 1.89. The second-order valence-electron chi connectivity index (χ2n) is 5.85. The van der Waals surface area contributed by atoms with E-state index in [-0.39, 0.29) is 17.6 Å². The van der Waals surface area contributed by atoms with Gasteiger partial charge in [0.1, 0.15) is 5.56 Å². The number of rotatable bonds is 8. The Morgan fingerprint density at radius 1 is 1.24 bits per heavy atom. The van der Waals surface area contributed by atoms with E-state index < -0.39 is 5.97 Å². The molecule has 0 amide bonds. The van der Waals surface area contributed by atoms with Gasteiger partial charge >= 0.3 is 5.97 Å². The molecule has 0 spiro atoms. The van der Waals surface area contributed by atoms with Crippen LogP contribution < -0.4 is 5.32 Å². The maximum atomic E-state index is 11.6. The standard InChI is InChI=1S/C15H25N3O3/c1-5-10-11(6-2)17-18-13(12(10)14(20)21)16-9-15(3,4)7-8-19/h19H,5-9H2,1-4H3,(H,16,18)(H,20,21). The van der Waals surface area contributed by atoms with E-state index >= 15 is 0 Å². The molecular formula is C15H25N3O3. The largest absolute Gasteiger partial charge is 0.478 e. The molecule has 3 N–H and O–H groups in total. The molecule has 6 nitrogen and oxygen atoms in total. The van der Waals surface area contributed by atoms with Gasteiger partial charge in [0.25, 0.3) is 0 Å². The van der Waals surface area contributed by atoms with Gasteiger partial charge in [-0.3, -0.25) is 0 Å². The molecule has 118 valence electrons. The van der Waals surface area contributed by atoms with E-state index in [0.717, 1.165) is 11.3 Å². The second-order valence-corrected chi connectivity index (χ2v) is 5.85. The lowest BCUT2D eigenvalue weighted by molar-refractivity contribution is 0.0695. The summed E-state index contributed by atoms with van der Waals surface area (Å²) in [5, 5.41) is 29.8. The highest BCUT2D eigenvalue weighted by atomic mass is 16.4. The molecule has 0 aliphatic carbocycles. The fourth-order valence-electron chi connectivity index (χ4n) is 2.24. The number of carbonyl (C=O) groups is 1. The van der Waals surface area contributed by atoms with E-state index in [0.29, 0.717) is 31.6 Å². The summed E-state index contributed by atoms with van der Waals surface area (Å²) in [6, 6.07) is 0. The number of aromatic carboxylic acids is 1. The van der Waals surface area contributed by atoms with Crippen molar-refractivity contribution in [1.82, 2.24) is 10.2 Å². The Balaban J connectivity index is 3.10. The number of hydrogen-bond acceptors (Lipinski definition) is 5. The normalized spacial score (nSPS) is 11.5. The number of hydrogen-bond donors (Lipinski definition) is 3. The zero-order valence-corrected chi connectivity index (χ0v) is 13.2. The number of aromatic nitrogens is 2. The van der Waals surface area contributed by atoms with Gasteiger partial charge in [-0.05, 0) is 30.2 Å². The molecule has 1 rings (SSSR count). The average molecular weight is 295 g/mol. The molecule has 0 saturated heterocycles. The molecule has 0 aliphatic rings. The summed E-state index contributed by atoms with van der Waals surface area (Å²) in [4.78, 5) is 11.6. The molecule has 0 saturated carbocycles. The highest BCUT2D eigenvalue weighted by Crippen LogP contribution is 2.24. The summed E-state index contributed by atoms with van der Waals surface area (Å²) in [7, 11) is 0. The first-order chi connectivity index (χ1) is 9.86. The van der Waals surface area contributed by atoms with Gasteiger partial charge in [0.2, 0.25) is 0 Å². The van der Waals surface area contributed by atoms with Crippen LogP contribution in [0, 0.1) is 5.41 Å². The van der Waals surface area contributed by atoms with E-state index in [1.165, 1.54) is 0 Å². The summed E-state index contributed by atoms with van der Waals surface area (Å²) in [5.41, 5.74) is 1.53. The number of aliphatic hydroxyl groups excluding tert-OH is 1. The molecule has 0 atom stereocenters. The van der Waals surface area contributed by atoms with Crippen LogP contribution in [0.1, 0.15) is 55.7 Å².